The van der Waals surface area contributed by atoms with E-state index in [1.807, 2.05) is 20.0 Å². The highest BCUT2D eigenvalue weighted by Crippen LogP contribution is 2.21. The van der Waals surface area contributed by atoms with Crippen molar-refractivity contribution in [3.63, 3.8) is 0 Å². The van der Waals surface area contributed by atoms with Crippen LogP contribution >= 0.6 is 0 Å². The van der Waals surface area contributed by atoms with Gasteiger partial charge in [0.2, 0.25) is 0 Å². The number of nitrogens with one attached hydrogen (secondary N) is 1. The van der Waals surface area contributed by atoms with E-state index in [4.69, 9.17) is 0 Å². The Morgan fingerprint density at radius 2 is 2.00 bits per heavy atom. The molecule has 0 fully saturated rings. The molecular formula is C12H18F3N3. The molecule has 0 aromatic carbocycles. The Bertz CT molecular complexity index is 391. The molecule has 0 saturated heterocycles. The van der Waals surface area contributed by atoms with Crippen LogP contribution in [0.4, 0.5) is 19.0 Å². The monoisotopic (exact) mass is 261 g/mol. The lowest BCUT2D eigenvalue weighted by Crippen LogP contribution is -2.25. The molecule has 1 aromatic heterocycles. The number of anilines is 1. The van der Waals surface area contributed by atoms with Crippen molar-refractivity contribution in [2.45, 2.75) is 26.1 Å². The van der Waals surface area contributed by atoms with Gasteiger partial charge in [0.25, 0.3) is 0 Å². The first kappa shape index (κ1) is 14.8. The smallest absolute Gasteiger partial charge is 0.359 e. The zero-order chi connectivity index (χ0) is 13.8. The lowest BCUT2D eigenvalue weighted by molar-refractivity contribution is -0.132. The van der Waals surface area contributed by atoms with Gasteiger partial charge in [0.1, 0.15) is 5.82 Å². The van der Waals surface area contributed by atoms with Gasteiger partial charge in [-0.3, -0.25) is 0 Å². The quantitative estimate of drug-likeness (QED) is 0.882. The van der Waals surface area contributed by atoms with Gasteiger partial charge >= 0.3 is 6.18 Å². The highest BCUT2D eigenvalue weighted by molar-refractivity contribution is 5.41. The van der Waals surface area contributed by atoms with Crippen LogP contribution in [0.15, 0.2) is 12.1 Å². The van der Waals surface area contributed by atoms with E-state index in [-0.39, 0.29) is 6.54 Å². The Kier molecular flexibility index (Phi) is 4.95. The SMILES string of the molecule is CNCc1cc(C)nc(N(C)CCC(F)(F)F)c1. The molecule has 0 aliphatic rings. The molecule has 0 saturated carbocycles. The number of pyridine rings is 1. The standard InChI is InChI=1S/C12H18F3N3/c1-9-6-10(8-16-2)7-11(17-9)18(3)5-4-12(13,14)15/h6-7,16H,4-5,8H2,1-3H3. The zero-order valence-electron chi connectivity index (χ0n) is 10.8. The summed E-state index contributed by atoms with van der Waals surface area (Å²) < 4.78 is 36.5. The third kappa shape index (κ3) is 4.91. The van der Waals surface area contributed by atoms with Crippen LogP contribution in [0.5, 0.6) is 0 Å². The molecule has 102 valence electrons. The second kappa shape index (κ2) is 6.04. The highest BCUT2D eigenvalue weighted by atomic mass is 19.4. The zero-order valence-corrected chi connectivity index (χ0v) is 10.8. The fourth-order valence-electron chi connectivity index (χ4n) is 1.63. The maximum absolute atomic E-state index is 12.2. The number of alkyl halides is 3. The number of hydrogen-bond donors (Lipinski definition) is 1. The fourth-order valence-corrected chi connectivity index (χ4v) is 1.63. The van der Waals surface area contributed by atoms with Crippen LogP contribution in [0.25, 0.3) is 0 Å². The molecule has 0 bridgehead atoms. The minimum atomic E-state index is -4.13. The van der Waals surface area contributed by atoms with E-state index in [0.717, 1.165) is 11.3 Å². The molecule has 0 aliphatic carbocycles. The molecule has 0 spiro atoms. The lowest BCUT2D eigenvalue weighted by atomic mass is 10.2. The molecule has 0 atom stereocenters. The van der Waals surface area contributed by atoms with E-state index < -0.39 is 12.6 Å². The fraction of sp³-hybridized carbons (Fsp3) is 0.583. The van der Waals surface area contributed by atoms with Crippen molar-refractivity contribution >= 4 is 5.82 Å². The van der Waals surface area contributed by atoms with Gasteiger partial charge in [-0.15, -0.1) is 0 Å². The predicted octanol–water partition coefficient (Wildman–Crippen LogP) is 2.50. The van der Waals surface area contributed by atoms with E-state index >= 15 is 0 Å². The van der Waals surface area contributed by atoms with Crippen LogP contribution in [0, 0.1) is 6.92 Å². The maximum Gasteiger partial charge on any atom is 0.390 e. The van der Waals surface area contributed by atoms with Crippen LogP contribution < -0.4 is 10.2 Å². The minimum Gasteiger partial charge on any atom is -0.359 e. The third-order valence-corrected chi connectivity index (χ3v) is 2.50. The number of rotatable bonds is 5. The van der Waals surface area contributed by atoms with Gasteiger partial charge in [-0.1, -0.05) is 0 Å². The topological polar surface area (TPSA) is 28.2 Å². The first-order valence-electron chi connectivity index (χ1n) is 5.72. The second-order valence-electron chi connectivity index (χ2n) is 4.29. The molecule has 1 N–H and O–H groups in total. The second-order valence-corrected chi connectivity index (χ2v) is 4.29. The van der Waals surface area contributed by atoms with E-state index in [2.05, 4.69) is 10.3 Å². The van der Waals surface area contributed by atoms with Crippen LogP contribution in [0.1, 0.15) is 17.7 Å². The number of aromatic nitrogens is 1. The summed E-state index contributed by atoms with van der Waals surface area (Å²) in [4.78, 5) is 5.77. The molecule has 1 heterocycles. The Balaban J connectivity index is 2.75. The highest BCUT2D eigenvalue weighted by Gasteiger charge is 2.27. The summed E-state index contributed by atoms with van der Waals surface area (Å²) in [6, 6.07) is 3.72. The molecule has 0 aliphatic heterocycles. The van der Waals surface area contributed by atoms with Gasteiger partial charge in [0.05, 0.1) is 6.42 Å². The van der Waals surface area contributed by atoms with E-state index in [9.17, 15) is 13.2 Å². The lowest BCUT2D eigenvalue weighted by Gasteiger charge is -2.20. The van der Waals surface area contributed by atoms with Crippen molar-refractivity contribution in [1.82, 2.24) is 10.3 Å². The summed E-state index contributed by atoms with van der Waals surface area (Å²) in [6.07, 6.45) is -4.97. The van der Waals surface area contributed by atoms with Crippen LogP contribution in [-0.4, -0.2) is 31.8 Å². The Morgan fingerprint density at radius 3 is 2.56 bits per heavy atom. The van der Waals surface area contributed by atoms with Crippen molar-refractivity contribution in [2.24, 2.45) is 0 Å². The molecule has 0 radical (unpaired) electrons. The normalized spacial score (nSPS) is 11.7. The Morgan fingerprint density at radius 1 is 1.33 bits per heavy atom. The van der Waals surface area contributed by atoms with Crippen molar-refractivity contribution in [2.75, 3.05) is 25.5 Å². The minimum absolute atomic E-state index is 0.0844. The average Bonchev–Trinajstić information content (AvgIpc) is 2.24. The number of halogens is 3. The third-order valence-electron chi connectivity index (χ3n) is 2.50. The van der Waals surface area contributed by atoms with Crippen LogP contribution in [-0.2, 0) is 6.54 Å². The maximum atomic E-state index is 12.2. The Hall–Kier alpha value is -1.30. The molecule has 1 rings (SSSR count). The molecule has 18 heavy (non-hydrogen) atoms. The summed E-state index contributed by atoms with van der Waals surface area (Å²) in [5.74, 6) is 0.574. The van der Waals surface area contributed by atoms with Crippen LogP contribution in [0.3, 0.4) is 0 Å². The first-order chi connectivity index (χ1) is 8.31. The summed E-state index contributed by atoms with van der Waals surface area (Å²) in [5.41, 5.74) is 1.82. The van der Waals surface area contributed by atoms with Gasteiger partial charge in [0.15, 0.2) is 0 Å². The van der Waals surface area contributed by atoms with E-state index in [1.54, 1.807) is 13.1 Å². The molecule has 6 heteroatoms. The summed E-state index contributed by atoms with van der Waals surface area (Å²) in [6.45, 7) is 2.42. The van der Waals surface area contributed by atoms with E-state index in [1.165, 1.54) is 4.90 Å². The molecular weight excluding hydrogens is 243 g/mol. The van der Waals surface area contributed by atoms with Crippen molar-refractivity contribution in [1.29, 1.82) is 0 Å². The van der Waals surface area contributed by atoms with Gasteiger partial charge in [0, 0.05) is 25.8 Å². The summed E-state index contributed by atoms with van der Waals surface area (Å²) in [7, 11) is 3.44. The largest absolute Gasteiger partial charge is 0.390 e. The number of aryl methyl sites for hydroxylation is 1. The molecule has 1 aromatic rings. The molecule has 0 unspecified atom stereocenters. The van der Waals surface area contributed by atoms with Gasteiger partial charge in [-0.05, 0) is 31.7 Å². The van der Waals surface area contributed by atoms with Crippen molar-refractivity contribution in [3.8, 4) is 0 Å². The average molecular weight is 261 g/mol. The summed E-state index contributed by atoms with van der Waals surface area (Å²) in [5, 5.41) is 3.01. The number of nitrogens with zero attached hydrogens (tertiary/aromatic N) is 2. The van der Waals surface area contributed by atoms with Gasteiger partial charge in [-0.25, -0.2) is 4.98 Å². The van der Waals surface area contributed by atoms with Crippen LogP contribution in [0.2, 0.25) is 0 Å². The molecule has 0 amide bonds. The van der Waals surface area contributed by atoms with Gasteiger partial charge in [-0.2, -0.15) is 13.2 Å². The van der Waals surface area contributed by atoms with E-state index in [0.29, 0.717) is 12.4 Å². The van der Waals surface area contributed by atoms with Crippen molar-refractivity contribution in [3.05, 3.63) is 23.4 Å². The first-order valence-corrected chi connectivity index (χ1v) is 5.72. The predicted molar refractivity (Wildman–Crippen MR) is 65.7 cm³/mol. The number of hydrogen-bond acceptors (Lipinski definition) is 3. The van der Waals surface area contributed by atoms with Crippen molar-refractivity contribution < 1.29 is 13.2 Å². The Labute approximate surface area is 105 Å². The summed E-state index contributed by atoms with van der Waals surface area (Å²) >= 11 is 0. The van der Waals surface area contributed by atoms with Gasteiger partial charge < -0.3 is 10.2 Å². The molecule has 3 nitrogen and oxygen atoms in total.